The fourth-order valence-corrected chi connectivity index (χ4v) is 3.12. The van der Waals surface area contributed by atoms with E-state index >= 15 is 0 Å². The van der Waals surface area contributed by atoms with Gasteiger partial charge in [-0.3, -0.25) is 0 Å². The summed E-state index contributed by atoms with van der Waals surface area (Å²) < 4.78 is 1.54. The highest BCUT2D eigenvalue weighted by atomic mass is 35.5. The first-order valence-electron chi connectivity index (χ1n) is 5.33. The molecule has 0 aliphatic rings. The molecule has 92 valence electrons. The molecule has 0 aliphatic heterocycles. The van der Waals surface area contributed by atoms with Crippen LogP contribution in [0, 0.1) is 0 Å². The lowest BCUT2D eigenvalue weighted by molar-refractivity contribution is 0.389. The van der Waals surface area contributed by atoms with Gasteiger partial charge in [-0.2, -0.15) is 0 Å². The van der Waals surface area contributed by atoms with Crippen LogP contribution in [-0.2, 0) is 0 Å². The number of nitrogens with zero attached hydrogens (tertiary/aromatic N) is 1. The molecule has 1 unspecified atom stereocenters. The summed E-state index contributed by atoms with van der Waals surface area (Å²) >= 11 is 13.4. The molecular formula is C11H18Cl2N2S. The summed E-state index contributed by atoms with van der Waals surface area (Å²) in [5, 5.41) is 3.45. The van der Waals surface area contributed by atoms with E-state index in [1.54, 1.807) is 0 Å². The minimum Gasteiger partial charge on any atom is -0.310 e. The topological polar surface area (TPSA) is 15.3 Å². The predicted octanol–water partition coefficient (Wildman–Crippen LogP) is 3.66. The molecule has 16 heavy (non-hydrogen) atoms. The molecule has 1 N–H and O–H groups in total. The molecule has 1 atom stereocenters. The molecule has 0 saturated heterocycles. The zero-order valence-electron chi connectivity index (χ0n) is 9.89. The van der Waals surface area contributed by atoms with Crippen LogP contribution >= 0.6 is 34.5 Å². The van der Waals surface area contributed by atoms with E-state index in [1.807, 2.05) is 6.07 Å². The van der Waals surface area contributed by atoms with E-state index in [0.717, 1.165) is 33.7 Å². The molecule has 0 saturated carbocycles. The summed E-state index contributed by atoms with van der Waals surface area (Å²) in [6.45, 7) is 4.20. The fourth-order valence-electron chi connectivity index (χ4n) is 1.47. The molecule has 2 nitrogen and oxygen atoms in total. The highest BCUT2D eigenvalue weighted by Crippen LogP contribution is 2.34. The van der Waals surface area contributed by atoms with Crippen molar-refractivity contribution >= 4 is 34.5 Å². The maximum atomic E-state index is 6.09. The number of hydrogen-bond acceptors (Lipinski definition) is 3. The molecular weight excluding hydrogens is 263 g/mol. The van der Waals surface area contributed by atoms with E-state index in [1.165, 1.54) is 11.3 Å². The summed E-state index contributed by atoms with van der Waals surface area (Å²) in [6.07, 6.45) is 1.13. The van der Waals surface area contributed by atoms with Gasteiger partial charge in [0.05, 0.1) is 8.67 Å². The van der Waals surface area contributed by atoms with Gasteiger partial charge in [0.15, 0.2) is 0 Å². The highest BCUT2D eigenvalue weighted by molar-refractivity contribution is 7.20. The van der Waals surface area contributed by atoms with Crippen molar-refractivity contribution < 1.29 is 0 Å². The average Bonchev–Trinajstić information content (AvgIpc) is 2.52. The molecule has 0 aliphatic carbocycles. The predicted molar refractivity (Wildman–Crippen MR) is 73.9 cm³/mol. The Bertz CT molecular complexity index is 326. The summed E-state index contributed by atoms with van der Waals surface area (Å²) in [7, 11) is 4.16. The second-order valence-corrected chi connectivity index (χ2v) is 6.40. The van der Waals surface area contributed by atoms with E-state index in [-0.39, 0.29) is 6.04 Å². The first-order valence-corrected chi connectivity index (χ1v) is 6.90. The van der Waals surface area contributed by atoms with Crippen LogP contribution in [0.1, 0.15) is 24.9 Å². The van der Waals surface area contributed by atoms with Crippen molar-refractivity contribution in [1.29, 1.82) is 0 Å². The van der Waals surface area contributed by atoms with Crippen LogP contribution < -0.4 is 5.32 Å². The number of thiophene rings is 1. The van der Waals surface area contributed by atoms with E-state index in [0.29, 0.717) is 0 Å². The molecule has 0 fully saturated rings. The van der Waals surface area contributed by atoms with E-state index in [4.69, 9.17) is 23.2 Å². The molecule has 1 aromatic rings. The van der Waals surface area contributed by atoms with Gasteiger partial charge in [-0.25, -0.2) is 0 Å². The molecule has 0 aromatic carbocycles. The van der Waals surface area contributed by atoms with E-state index in [9.17, 15) is 0 Å². The summed E-state index contributed by atoms with van der Waals surface area (Å²) in [4.78, 5) is 2.18. The Kier molecular flexibility index (Phi) is 6.08. The third-order valence-electron chi connectivity index (χ3n) is 2.38. The van der Waals surface area contributed by atoms with Crippen molar-refractivity contribution in [2.45, 2.75) is 19.4 Å². The first-order chi connectivity index (χ1) is 7.50. The van der Waals surface area contributed by atoms with Crippen molar-refractivity contribution in [1.82, 2.24) is 10.2 Å². The Morgan fingerprint density at radius 1 is 1.44 bits per heavy atom. The number of nitrogens with one attached hydrogen (secondary N) is 1. The minimum absolute atomic E-state index is 0.262. The maximum absolute atomic E-state index is 6.09. The monoisotopic (exact) mass is 280 g/mol. The van der Waals surface area contributed by atoms with Crippen LogP contribution in [0.25, 0.3) is 0 Å². The highest BCUT2D eigenvalue weighted by Gasteiger charge is 2.12. The van der Waals surface area contributed by atoms with Gasteiger partial charge in [-0.05, 0) is 52.2 Å². The van der Waals surface area contributed by atoms with Gasteiger partial charge in [-0.1, -0.05) is 23.2 Å². The summed E-state index contributed by atoms with van der Waals surface area (Å²) in [6, 6.07) is 2.21. The normalized spacial score (nSPS) is 13.4. The molecule has 0 bridgehead atoms. The lowest BCUT2D eigenvalue weighted by atomic mass is 10.2. The lowest BCUT2D eigenvalue weighted by Crippen LogP contribution is -2.23. The third kappa shape index (κ3) is 4.60. The zero-order chi connectivity index (χ0) is 12.1. The van der Waals surface area contributed by atoms with Crippen molar-refractivity contribution in [2.75, 3.05) is 27.2 Å². The van der Waals surface area contributed by atoms with Crippen molar-refractivity contribution in [3.05, 3.63) is 20.3 Å². The SMILES string of the molecule is CC(NCCCN(C)C)c1cc(Cl)sc1Cl. The molecule has 0 spiro atoms. The quantitative estimate of drug-likeness (QED) is 0.801. The van der Waals surface area contributed by atoms with Crippen molar-refractivity contribution in [3.8, 4) is 0 Å². The van der Waals surface area contributed by atoms with Crippen molar-refractivity contribution in [3.63, 3.8) is 0 Å². The molecule has 1 rings (SSSR count). The minimum atomic E-state index is 0.262. The van der Waals surface area contributed by atoms with Crippen LogP contribution in [0.2, 0.25) is 8.67 Å². The third-order valence-corrected chi connectivity index (χ3v) is 3.90. The van der Waals surface area contributed by atoms with Crippen LogP contribution in [0.3, 0.4) is 0 Å². The standard InChI is InChI=1S/C11H18Cl2N2S/c1-8(14-5-4-6-15(2)3)9-7-10(12)16-11(9)13/h7-8,14H,4-6H2,1-3H3. The van der Waals surface area contributed by atoms with Gasteiger partial charge >= 0.3 is 0 Å². The lowest BCUT2D eigenvalue weighted by Gasteiger charge is -2.14. The number of halogens is 2. The Labute approximate surface area is 112 Å². The second kappa shape index (κ2) is 6.82. The molecule has 5 heteroatoms. The number of hydrogen-bond donors (Lipinski definition) is 1. The Morgan fingerprint density at radius 3 is 2.62 bits per heavy atom. The van der Waals surface area contributed by atoms with Gasteiger partial charge in [0.2, 0.25) is 0 Å². The average molecular weight is 281 g/mol. The molecule has 0 radical (unpaired) electrons. The van der Waals surface area contributed by atoms with Crippen LogP contribution in [0.5, 0.6) is 0 Å². The van der Waals surface area contributed by atoms with Crippen molar-refractivity contribution in [2.24, 2.45) is 0 Å². The Balaban J connectivity index is 2.35. The molecule has 1 heterocycles. The van der Waals surface area contributed by atoms with Gasteiger partial charge in [0.1, 0.15) is 0 Å². The van der Waals surface area contributed by atoms with Gasteiger partial charge in [-0.15, -0.1) is 11.3 Å². The summed E-state index contributed by atoms with van der Waals surface area (Å²) in [5.41, 5.74) is 1.10. The van der Waals surface area contributed by atoms with Crippen LogP contribution in [0.15, 0.2) is 6.07 Å². The van der Waals surface area contributed by atoms with E-state index in [2.05, 4.69) is 31.2 Å². The molecule has 0 amide bonds. The Morgan fingerprint density at radius 2 is 2.12 bits per heavy atom. The number of rotatable bonds is 6. The van der Waals surface area contributed by atoms with Crippen LogP contribution in [0.4, 0.5) is 0 Å². The first kappa shape index (κ1) is 14.3. The second-order valence-electron chi connectivity index (χ2n) is 4.11. The van der Waals surface area contributed by atoms with Gasteiger partial charge in [0, 0.05) is 6.04 Å². The summed E-state index contributed by atoms with van der Waals surface area (Å²) in [5.74, 6) is 0. The Hall–Kier alpha value is 0.200. The zero-order valence-corrected chi connectivity index (χ0v) is 12.2. The van der Waals surface area contributed by atoms with E-state index < -0.39 is 0 Å². The van der Waals surface area contributed by atoms with Gasteiger partial charge < -0.3 is 10.2 Å². The largest absolute Gasteiger partial charge is 0.310 e. The maximum Gasteiger partial charge on any atom is 0.0991 e. The smallest absolute Gasteiger partial charge is 0.0991 e. The molecule has 1 aromatic heterocycles. The van der Waals surface area contributed by atoms with Crippen LogP contribution in [-0.4, -0.2) is 32.1 Å². The fraction of sp³-hybridized carbons (Fsp3) is 0.636. The van der Waals surface area contributed by atoms with Gasteiger partial charge in [0.25, 0.3) is 0 Å².